The van der Waals surface area contributed by atoms with E-state index in [1.54, 1.807) is 18.2 Å². The monoisotopic (exact) mass is 388 g/mol. The summed E-state index contributed by atoms with van der Waals surface area (Å²) in [5.74, 6) is 0.283. The molecule has 0 unspecified atom stereocenters. The summed E-state index contributed by atoms with van der Waals surface area (Å²) in [6.45, 7) is 2.21. The van der Waals surface area contributed by atoms with Gasteiger partial charge in [-0.05, 0) is 49.2 Å². The molecule has 1 amide bonds. The van der Waals surface area contributed by atoms with Crippen LogP contribution < -0.4 is 10.6 Å². The van der Waals surface area contributed by atoms with Crippen molar-refractivity contribution in [3.8, 4) is 0 Å². The van der Waals surface area contributed by atoms with Crippen LogP contribution in [0.3, 0.4) is 0 Å². The fourth-order valence-corrected chi connectivity index (χ4v) is 3.39. The summed E-state index contributed by atoms with van der Waals surface area (Å²) in [6, 6.07) is 5.49. The lowest BCUT2D eigenvalue weighted by molar-refractivity contribution is 0.0976. The molecule has 1 aliphatic rings. The van der Waals surface area contributed by atoms with E-state index in [2.05, 4.69) is 33.5 Å². The Morgan fingerprint density at radius 3 is 2.81 bits per heavy atom. The molecule has 3 nitrogen and oxygen atoms in total. The van der Waals surface area contributed by atoms with Crippen LogP contribution in [-0.4, -0.2) is 17.1 Å². The van der Waals surface area contributed by atoms with Crippen molar-refractivity contribution in [2.75, 3.05) is 0 Å². The second kappa shape index (κ2) is 7.56. The van der Waals surface area contributed by atoms with Crippen molar-refractivity contribution < 1.29 is 4.79 Å². The van der Waals surface area contributed by atoms with Crippen molar-refractivity contribution in [2.45, 2.75) is 38.6 Å². The largest absolute Gasteiger partial charge is 0.359 e. The lowest BCUT2D eigenvalue weighted by Gasteiger charge is -2.30. The van der Waals surface area contributed by atoms with Gasteiger partial charge in [0.05, 0.1) is 10.6 Å². The molecule has 2 atom stereocenters. The molecule has 0 saturated heterocycles. The van der Waals surface area contributed by atoms with Gasteiger partial charge in [0.2, 0.25) is 0 Å². The van der Waals surface area contributed by atoms with Crippen LogP contribution >= 0.6 is 39.7 Å². The van der Waals surface area contributed by atoms with Gasteiger partial charge in [-0.25, -0.2) is 0 Å². The fourth-order valence-electron chi connectivity index (χ4n) is 2.58. The number of thiocarbonyl (C=S) groups is 1. The van der Waals surface area contributed by atoms with Crippen molar-refractivity contribution in [3.05, 3.63) is 33.3 Å². The number of amides is 1. The Labute approximate surface area is 144 Å². The summed E-state index contributed by atoms with van der Waals surface area (Å²) in [7, 11) is 0. The molecule has 0 aliphatic heterocycles. The van der Waals surface area contributed by atoms with E-state index in [0.29, 0.717) is 27.7 Å². The maximum absolute atomic E-state index is 12.2. The minimum atomic E-state index is -0.290. The molecule has 1 saturated carbocycles. The molecule has 1 aliphatic carbocycles. The Balaban J connectivity index is 1.95. The van der Waals surface area contributed by atoms with Crippen LogP contribution in [-0.2, 0) is 0 Å². The van der Waals surface area contributed by atoms with Gasteiger partial charge in [0.25, 0.3) is 5.91 Å². The molecular formula is C15H18BrClN2OS. The summed E-state index contributed by atoms with van der Waals surface area (Å²) in [5, 5.41) is 6.73. The van der Waals surface area contributed by atoms with Gasteiger partial charge in [0.1, 0.15) is 0 Å². The van der Waals surface area contributed by atoms with E-state index in [4.69, 9.17) is 23.8 Å². The Hall–Kier alpha value is -0.650. The van der Waals surface area contributed by atoms with Gasteiger partial charge in [-0.3, -0.25) is 10.1 Å². The zero-order chi connectivity index (χ0) is 15.4. The standard InChI is InChI=1S/C15H18BrClN2OS/c1-9-4-2-3-5-13(9)18-15(21)19-14(20)11-8-10(16)6-7-12(11)17/h6-9,13H,2-5H2,1H3,(H2,18,19,20,21)/t9-,13-/m0/s1. The Morgan fingerprint density at radius 2 is 2.10 bits per heavy atom. The average molecular weight is 390 g/mol. The van der Waals surface area contributed by atoms with Crippen LogP contribution in [0.5, 0.6) is 0 Å². The first-order valence-electron chi connectivity index (χ1n) is 7.04. The van der Waals surface area contributed by atoms with Gasteiger partial charge in [0, 0.05) is 10.5 Å². The zero-order valence-electron chi connectivity index (χ0n) is 11.8. The van der Waals surface area contributed by atoms with E-state index in [1.807, 2.05) is 0 Å². The number of hydrogen-bond donors (Lipinski definition) is 2. The van der Waals surface area contributed by atoms with Crippen molar-refractivity contribution in [3.63, 3.8) is 0 Å². The van der Waals surface area contributed by atoms with Crippen molar-refractivity contribution in [1.29, 1.82) is 0 Å². The smallest absolute Gasteiger partial charge is 0.258 e. The molecule has 0 aromatic heterocycles. The molecule has 114 valence electrons. The van der Waals surface area contributed by atoms with E-state index in [9.17, 15) is 4.79 Å². The number of carbonyl (C=O) groups is 1. The zero-order valence-corrected chi connectivity index (χ0v) is 14.9. The SMILES string of the molecule is C[C@H]1CCCC[C@@H]1NC(=S)NC(=O)c1cc(Br)ccc1Cl. The highest BCUT2D eigenvalue weighted by Gasteiger charge is 2.22. The molecule has 0 spiro atoms. The van der Waals surface area contributed by atoms with Gasteiger partial charge < -0.3 is 5.32 Å². The van der Waals surface area contributed by atoms with Crippen molar-refractivity contribution >= 4 is 50.8 Å². The third-order valence-electron chi connectivity index (χ3n) is 3.83. The first-order valence-corrected chi connectivity index (χ1v) is 8.62. The van der Waals surface area contributed by atoms with Crippen LogP contribution in [0.25, 0.3) is 0 Å². The number of nitrogens with one attached hydrogen (secondary N) is 2. The van der Waals surface area contributed by atoms with Crippen LogP contribution in [0.15, 0.2) is 22.7 Å². The quantitative estimate of drug-likeness (QED) is 0.742. The minimum Gasteiger partial charge on any atom is -0.359 e. The highest BCUT2D eigenvalue weighted by Crippen LogP contribution is 2.24. The predicted octanol–water partition coefficient (Wildman–Crippen LogP) is 4.29. The fraction of sp³-hybridized carbons (Fsp3) is 0.467. The van der Waals surface area contributed by atoms with E-state index in [-0.39, 0.29) is 5.91 Å². The first kappa shape index (κ1) is 16.7. The van der Waals surface area contributed by atoms with Crippen LogP contribution in [0.2, 0.25) is 5.02 Å². The third kappa shape index (κ3) is 4.66. The molecular weight excluding hydrogens is 372 g/mol. The maximum atomic E-state index is 12.2. The number of benzene rings is 1. The molecule has 21 heavy (non-hydrogen) atoms. The molecule has 1 fully saturated rings. The van der Waals surface area contributed by atoms with Crippen LogP contribution in [0.1, 0.15) is 43.0 Å². The topological polar surface area (TPSA) is 41.1 Å². The molecule has 2 N–H and O–H groups in total. The van der Waals surface area contributed by atoms with Crippen LogP contribution in [0, 0.1) is 5.92 Å². The van der Waals surface area contributed by atoms with E-state index in [0.717, 1.165) is 10.9 Å². The maximum Gasteiger partial charge on any atom is 0.258 e. The summed E-state index contributed by atoms with van der Waals surface area (Å²) in [6.07, 6.45) is 4.77. The first-order chi connectivity index (χ1) is 9.97. The van der Waals surface area contributed by atoms with Gasteiger partial charge in [-0.1, -0.05) is 47.3 Å². The second-order valence-electron chi connectivity index (χ2n) is 5.42. The van der Waals surface area contributed by atoms with Gasteiger partial charge >= 0.3 is 0 Å². The summed E-state index contributed by atoms with van der Waals surface area (Å²) in [4.78, 5) is 12.2. The normalized spacial score (nSPS) is 21.7. The van der Waals surface area contributed by atoms with Gasteiger partial charge in [-0.15, -0.1) is 0 Å². The molecule has 0 heterocycles. The van der Waals surface area contributed by atoms with Crippen LogP contribution in [0.4, 0.5) is 0 Å². The highest BCUT2D eigenvalue weighted by molar-refractivity contribution is 9.10. The van der Waals surface area contributed by atoms with E-state index >= 15 is 0 Å². The molecule has 6 heteroatoms. The van der Waals surface area contributed by atoms with Gasteiger partial charge in [0.15, 0.2) is 5.11 Å². The van der Waals surface area contributed by atoms with Gasteiger partial charge in [-0.2, -0.15) is 0 Å². The summed E-state index contributed by atoms with van der Waals surface area (Å²) < 4.78 is 0.803. The number of hydrogen-bond acceptors (Lipinski definition) is 2. The predicted molar refractivity (Wildman–Crippen MR) is 93.8 cm³/mol. The van der Waals surface area contributed by atoms with E-state index < -0.39 is 0 Å². The molecule has 1 aromatic rings. The second-order valence-corrected chi connectivity index (χ2v) is 7.15. The molecule has 0 bridgehead atoms. The molecule has 2 rings (SSSR count). The molecule has 0 radical (unpaired) electrons. The summed E-state index contributed by atoms with van der Waals surface area (Å²) in [5.41, 5.74) is 0.409. The lowest BCUT2D eigenvalue weighted by Crippen LogP contribution is -2.47. The average Bonchev–Trinajstić information content (AvgIpc) is 2.44. The number of carbonyl (C=O) groups excluding carboxylic acids is 1. The Bertz CT molecular complexity index is 552. The Morgan fingerprint density at radius 1 is 1.38 bits per heavy atom. The highest BCUT2D eigenvalue weighted by atomic mass is 79.9. The van der Waals surface area contributed by atoms with Crippen molar-refractivity contribution in [2.24, 2.45) is 5.92 Å². The van der Waals surface area contributed by atoms with Crippen molar-refractivity contribution in [1.82, 2.24) is 10.6 Å². The van der Waals surface area contributed by atoms with E-state index in [1.165, 1.54) is 19.3 Å². The minimum absolute atomic E-state index is 0.290. The lowest BCUT2D eigenvalue weighted by atomic mass is 9.86. The Kier molecular flexibility index (Phi) is 6.02. The summed E-state index contributed by atoms with van der Waals surface area (Å²) >= 11 is 14.6. The molecule has 1 aromatic carbocycles. The number of halogens is 2. The number of rotatable bonds is 2. The third-order valence-corrected chi connectivity index (χ3v) is 4.87.